The highest BCUT2D eigenvalue weighted by atomic mass is 16.5. The van der Waals surface area contributed by atoms with Gasteiger partial charge < -0.3 is 14.8 Å². The second-order valence-electron chi connectivity index (χ2n) is 6.30. The molecule has 24 heavy (non-hydrogen) atoms. The molecule has 0 spiro atoms. The quantitative estimate of drug-likeness (QED) is 0.904. The van der Waals surface area contributed by atoms with E-state index in [4.69, 9.17) is 9.47 Å². The molecular weight excluding hydrogens is 306 g/mol. The Morgan fingerprint density at radius 1 is 1.38 bits per heavy atom. The molecule has 0 unspecified atom stereocenters. The molecule has 0 bridgehead atoms. The van der Waals surface area contributed by atoms with Crippen molar-refractivity contribution in [3.05, 3.63) is 47.3 Å². The molecule has 2 heterocycles. The SMILES string of the molecule is O=C(CO[C@H]1CCCc2cn[nH]c21)N[C@H]1CCOc2ccccc21. The monoisotopic (exact) mass is 327 g/mol. The summed E-state index contributed by atoms with van der Waals surface area (Å²) >= 11 is 0. The van der Waals surface area contributed by atoms with Gasteiger partial charge in [-0.1, -0.05) is 18.2 Å². The van der Waals surface area contributed by atoms with Crippen molar-refractivity contribution in [2.75, 3.05) is 13.2 Å². The number of para-hydroxylation sites is 1. The van der Waals surface area contributed by atoms with E-state index in [-0.39, 0.29) is 24.7 Å². The van der Waals surface area contributed by atoms with Crippen LogP contribution in [0.3, 0.4) is 0 Å². The zero-order valence-electron chi connectivity index (χ0n) is 13.5. The van der Waals surface area contributed by atoms with Crippen LogP contribution >= 0.6 is 0 Å². The van der Waals surface area contributed by atoms with Gasteiger partial charge in [0.2, 0.25) is 5.91 Å². The number of ether oxygens (including phenoxy) is 2. The fourth-order valence-corrected chi connectivity index (χ4v) is 3.49. The summed E-state index contributed by atoms with van der Waals surface area (Å²) in [6.07, 6.45) is 5.57. The lowest BCUT2D eigenvalue weighted by Gasteiger charge is -2.27. The number of fused-ring (bicyclic) bond motifs is 2. The van der Waals surface area contributed by atoms with E-state index in [0.717, 1.165) is 42.7 Å². The van der Waals surface area contributed by atoms with Gasteiger partial charge in [-0.25, -0.2) is 0 Å². The molecule has 126 valence electrons. The highest BCUT2D eigenvalue weighted by Crippen LogP contribution is 2.32. The number of H-pyrrole nitrogens is 1. The average molecular weight is 327 g/mol. The molecule has 1 aliphatic carbocycles. The summed E-state index contributed by atoms with van der Waals surface area (Å²) in [6, 6.07) is 7.83. The van der Waals surface area contributed by atoms with Gasteiger partial charge in [-0.05, 0) is 30.9 Å². The van der Waals surface area contributed by atoms with Gasteiger partial charge in [0, 0.05) is 12.0 Å². The molecule has 0 saturated heterocycles. The summed E-state index contributed by atoms with van der Waals surface area (Å²) in [7, 11) is 0. The van der Waals surface area contributed by atoms with Crippen LogP contribution in [0.2, 0.25) is 0 Å². The first-order chi connectivity index (χ1) is 11.8. The first-order valence-electron chi connectivity index (χ1n) is 8.46. The molecule has 2 aliphatic rings. The van der Waals surface area contributed by atoms with Crippen LogP contribution in [-0.2, 0) is 16.0 Å². The van der Waals surface area contributed by atoms with Crippen molar-refractivity contribution < 1.29 is 14.3 Å². The maximum atomic E-state index is 12.3. The molecular formula is C18H21N3O3. The summed E-state index contributed by atoms with van der Waals surface area (Å²) in [4.78, 5) is 12.3. The topological polar surface area (TPSA) is 76.2 Å². The first kappa shape index (κ1) is 15.2. The second-order valence-corrected chi connectivity index (χ2v) is 6.30. The van der Waals surface area contributed by atoms with Crippen molar-refractivity contribution in [2.45, 2.75) is 37.8 Å². The molecule has 0 saturated carbocycles. The molecule has 1 aromatic carbocycles. The van der Waals surface area contributed by atoms with Gasteiger partial charge in [-0.15, -0.1) is 0 Å². The summed E-state index contributed by atoms with van der Waals surface area (Å²) in [5.41, 5.74) is 3.25. The van der Waals surface area contributed by atoms with Gasteiger partial charge in [-0.2, -0.15) is 5.10 Å². The third kappa shape index (κ3) is 3.01. The number of hydrogen-bond donors (Lipinski definition) is 2. The van der Waals surface area contributed by atoms with Crippen LogP contribution in [0.4, 0.5) is 0 Å². The van der Waals surface area contributed by atoms with Crippen molar-refractivity contribution in [1.29, 1.82) is 0 Å². The van der Waals surface area contributed by atoms with E-state index in [2.05, 4.69) is 15.5 Å². The third-order valence-corrected chi connectivity index (χ3v) is 4.70. The van der Waals surface area contributed by atoms with Crippen molar-refractivity contribution >= 4 is 5.91 Å². The minimum absolute atomic E-state index is 0.0138. The Kier molecular flexibility index (Phi) is 4.21. The molecule has 2 aromatic rings. The Bertz CT molecular complexity index is 728. The number of carbonyl (C=O) groups excluding carboxylic acids is 1. The number of aromatic amines is 1. The number of amides is 1. The summed E-state index contributed by atoms with van der Waals surface area (Å²) in [5.74, 6) is 0.757. The maximum Gasteiger partial charge on any atom is 0.246 e. The summed E-state index contributed by atoms with van der Waals surface area (Å²) in [6.45, 7) is 0.672. The Hall–Kier alpha value is -2.34. The zero-order chi connectivity index (χ0) is 16.4. The molecule has 1 aromatic heterocycles. The highest BCUT2D eigenvalue weighted by Gasteiger charge is 2.25. The van der Waals surface area contributed by atoms with E-state index in [0.29, 0.717) is 6.61 Å². The Balaban J connectivity index is 1.35. The first-order valence-corrected chi connectivity index (χ1v) is 8.46. The molecule has 2 atom stereocenters. The summed E-state index contributed by atoms with van der Waals surface area (Å²) < 4.78 is 11.5. The smallest absolute Gasteiger partial charge is 0.246 e. The molecule has 1 amide bonds. The van der Waals surface area contributed by atoms with E-state index < -0.39 is 0 Å². The number of nitrogens with zero attached hydrogens (tertiary/aromatic N) is 1. The number of rotatable bonds is 4. The predicted octanol–water partition coefficient (Wildman–Crippen LogP) is 2.44. The fraction of sp³-hybridized carbons (Fsp3) is 0.444. The molecule has 2 N–H and O–H groups in total. The van der Waals surface area contributed by atoms with E-state index in [9.17, 15) is 4.79 Å². The number of nitrogens with one attached hydrogen (secondary N) is 2. The predicted molar refractivity (Wildman–Crippen MR) is 87.7 cm³/mol. The number of aromatic nitrogens is 2. The number of aryl methyl sites for hydroxylation is 1. The van der Waals surface area contributed by atoms with Crippen LogP contribution in [0, 0.1) is 0 Å². The number of carbonyl (C=O) groups is 1. The molecule has 6 nitrogen and oxygen atoms in total. The van der Waals surface area contributed by atoms with E-state index in [1.807, 2.05) is 30.5 Å². The normalized spacial score (nSPS) is 22.2. The average Bonchev–Trinajstić information content (AvgIpc) is 3.09. The Morgan fingerprint density at radius 3 is 3.25 bits per heavy atom. The van der Waals surface area contributed by atoms with Crippen LogP contribution in [0.25, 0.3) is 0 Å². The standard InChI is InChI=1S/C18H21N3O3/c22-17(11-24-16-7-3-4-12-10-19-21-18(12)16)20-14-8-9-23-15-6-2-1-5-13(14)15/h1-2,5-6,10,14,16H,3-4,7-9,11H2,(H,19,21)(H,20,22)/t14-,16-/m0/s1. The van der Waals surface area contributed by atoms with Crippen LogP contribution in [0.15, 0.2) is 30.5 Å². The minimum atomic E-state index is -0.0941. The number of benzene rings is 1. The largest absolute Gasteiger partial charge is 0.493 e. The van der Waals surface area contributed by atoms with Crippen LogP contribution < -0.4 is 10.1 Å². The molecule has 4 rings (SSSR count). The lowest BCUT2D eigenvalue weighted by Crippen LogP contribution is -2.35. The lowest BCUT2D eigenvalue weighted by atomic mass is 9.96. The van der Waals surface area contributed by atoms with Gasteiger partial charge in [0.25, 0.3) is 0 Å². The van der Waals surface area contributed by atoms with Gasteiger partial charge in [-0.3, -0.25) is 9.89 Å². The third-order valence-electron chi connectivity index (χ3n) is 4.70. The van der Waals surface area contributed by atoms with Gasteiger partial charge in [0.15, 0.2) is 0 Å². The van der Waals surface area contributed by atoms with E-state index in [1.54, 1.807) is 0 Å². The maximum absolute atomic E-state index is 12.3. The van der Waals surface area contributed by atoms with Gasteiger partial charge in [0.1, 0.15) is 12.4 Å². The minimum Gasteiger partial charge on any atom is -0.493 e. The molecule has 1 aliphatic heterocycles. The van der Waals surface area contributed by atoms with Crippen molar-refractivity contribution in [3.63, 3.8) is 0 Å². The molecule has 0 radical (unpaired) electrons. The lowest BCUT2D eigenvalue weighted by molar-refractivity contribution is -0.129. The zero-order valence-corrected chi connectivity index (χ0v) is 13.5. The molecule has 0 fully saturated rings. The highest BCUT2D eigenvalue weighted by molar-refractivity contribution is 5.78. The van der Waals surface area contributed by atoms with Crippen LogP contribution in [0.1, 0.15) is 48.2 Å². The van der Waals surface area contributed by atoms with Crippen LogP contribution in [-0.4, -0.2) is 29.3 Å². The summed E-state index contributed by atoms with van der Waals surface area (Å²) in [5, 5.41) is 10.1. The van der Waals surface area contributed by atoms with Crippen LogP contribution in [0.5, 0.6) is 5.75 Å². The van der Waals surface area contributed by atoms with Crippen molar-refractivity contribution in [2.24, 2.45) is 0 Å². The van der Waals surface area contributed by atoms with Crippen molar-refractivity contribution in [3.8, 4) is 5.75 Å². The number of hydrogen-bond acceptors (Lipinski definition) is 4. The Morgan fingerprint density at radius 2 is 2.29 bits per heavy atom. The van der Waals surface area contributed by atoms with E-state index in [1.165, 1.54) is 5.56 Å². The van der Waals surface area contributed by atoms with Gasteiger partial charge >= 0.3 is 0 Å². The second kappa shape index (κ2) is 6.65. The molecule has 6 heteroatoms. The van der Waals surface area contributed by atoms with Gasteiger partial charge in [0.05, 0.1) is 30.6 Å². The fourth-order valence-electron chi connectivity index (χ4n) is 3.49. The Labute approximate surface area is 140 Å². The van der Waals surface area contributed by atoms with Crippen molar-refractivity contribution in [1.82, 2.24) is 15.5 Å². The van der Waals surface area contributed by atoms with E-state index >= 15 is 0 Å².